The molecule has 0 fully saturated rings. The van der Waals surface area contributed by atoms with E-state index in [-0.39, 0.29) is 5.82 Å². The molecule has 1 aromatic rings. The number of hydrogen-bond donors (Lipinski definition) is 1. The Morgan fingerprint density at radius 2 is 2.18 bits per heavy atom. The zero-order valence-corrected chi connectivity index (χ0v) is 11.3. The van der Waals surface area contributed by atoms with Crippen molar-refractivity contribution in [1.82, 2.24) is 5.32 Å². The minimum Gasteiger partial charge on any atom is -0.316 e. The molecule has 1 aromatic carbocycles. The normalized spacial score (nSPS) is 12.4. The SMILES string of the molecule is C=C(CC)CC(CSc1ccccc1F)NC. The number of benzene rings is 1. The van der Waals surface area contributed by atoms with Crippen LogP contribution in [0.5, 0.6) is 0 Å². The van der Waals surface area contributed by atoms with Gasteiger partial charge in [0.05, 0.1) is 0 Å². The van der Waals surface area contributed by atoms with Crippen molar-refractivity contribution in [3.8, 4) is 0 Å². The van der Waals surface area contributed by atoms with Gasteiger partial charge in [0.25, 0.3) is 0 Å². The Morgan fingerprint density at radius 1 is 1.47 bits per heavy atom. The van der Waals surface area contributed by atoms with Crippen molar-refractivity contribution in [2.75, 3.05) is 12.8 Å². The van der Waals surface area contributed by atoms with Gasteiger partial charge in [-0.1, -0.05) is 31.2 Å². The van der Waals surface area contributed by atoms with Gasteiger partial charge in [0.1, 0.15) is 5.82 Å². The van der Waals surface area contributed by atoms with Crippen molar-refractivity contribution in [3.63, 3.8) is 0 Å². The van der Waals surface area contributed by atoms with Gasteiger partial charge in [-0.25, -0.2) is 4.39 Å². The lowest BCUT2D eigenvalue weighted by Gasteiger charge is -2.16. The predicted molar refractivity (Wildman–Crippen MR) is 74.0 cm³/mol. The summed E-state index contributed by atoms with van der Waals surface area (Å²) in [6.07, 6.45) is 1.96. The Kier molecular flexibility index (Phi) is 6.30. The van der Waals surface area contributed by atoms with Gasteiger partial charge in [-0.2, -0.15) is 0 Å². The molecule has 0 aliphatic carbocycles. The largest absolute Gasteiger partial charge is 0.316 e. The summed E-state index contributed by atoms with van der Waals surface area (Å²) in [5.41, 5.74) is 1.23. The highest BCUT2D eigenvalue weighted by Gasteiger charge is 2.09. The van der Waals surface area contributed by atoms with Crippen molar-refractivity contribution < 1.29 is 4.39 Å². The highest BCUT2D eigenvalue weighted by Crippen LogP contribution is 2.23. The molecular weight excluding hydrogens is 233 g/mol. The van der Waals surface area contributed by atoms with Gasteiger partial charge in [-0.05, 0) is 32.0 Å². The Labute approximate surface area is 107 Å². The van der Waals surface area contributed by atoms with Crippen molar-refractivity contribution >= 4 is 11.8 Å². The molecule has 3 heteroatoms. The summed E-state index contributed by atoms with van der Waals surface area (Å²) in [5, 5.41) is 3.25. The van der Waals surface area contributed by atoms with E-state index in [4.69, 9.17) is 0 Å². The van der Waals surface area contributed by atoms with Gasteiger partial charge in [0.15, 0.2) is 0 Å². The first-order valence-electron chi connectivity index (χ1n) is 5.88. The minimum atomic E-state index is -0.137. The summed E-state index contributed by atoms with van der Waals surface area (Å²) in [7, 11) is 1.94. The lowest BCUT2D eigenvalue weighted by molar-refractivity contribution is 0.595. The molecule has 1 N–H and O–H groups in total. The van der Waals surface area contributed by atoms with Gasteiger partial charge in [0, 0.05) is 16.7 Å². The van der Waals surface area contributed by atoms with Crippen molar-refractivity contribution in [3.05, 3.63) is 42.2 Å². The molecule has 0 spiro atoms. The van der Waals surface area contributed by atoms with Crippen LogP contribution in [0.1, 0.15) is 19.8 Å². The van der Waals surface area contributed by atoms with Crippen LogP contribution in [-0.2, 0) is 0 Å². The van der Waals surface area contributed by atoms with Crippen LogP contribution in [0.15, 0.2) is 41.3 Å². The molecule has 1 unspecified atom stereocenters. The smallest absolute Gasteiger partial charge is 0.136 e. The van der Waals surface area contributed by atoms with Crippen LogP contribution < -0.4 is 5.32 Å². The molecule has 0 bridgehead atoms. The number of halogens is 1. The van der Waals surface area contributed by atoms with Crippen LogP contribution in [0.25, 0.3) is 0 Å². The van der Waals surface area contributed by atoms with E-state index in [0.29, 0.717) is 6.04 Å². The van der Waals surface area contributed by atoms with E-state index in [9.17, 15) is 4.39 Å². The fourth-order valence-electron chi connectivity index (χ4n) is 1.49. The second kappa shape index (κ2) is 7.51. The molecule has 0 heterocycles. The predicted octanol–water partition coefficient (Wildman–Crippen LogP) is 3.86. The number of thioether (sulfide) groups is 1. The lowest BCUT2D eigenvalue weighted by atomic mass is 10.1. The summed E-state index contributed by atoms with van der Waals surface area (Å²) < 4.78 is 13.4. The van der Waals surface area contributed by atoms with Crippen LogP contribution in [0, 0.1) is 5.82 Å². The quantitative estimate of drug-likeness (QED) is 0.585. The molecule has 0 aliphatic rings. The summed E-state index contributed by atoms with van der Waals surface area (Å²) >= 11 is 1.55. The number of nitrogens with one attached hydrogen (secondary N) is 1. The van der Waals surface area contributed by atoms with Gasteiger partial charge >= 0.3 is 0 Å². The molecule has 94 valence electrons. The molecule has 17 heavy (non-hydrogen) atoms. The fourth-order valence-corrected chi connectivity index (χ4v) is 2.54. The highest BCUT2D eigenvalue weighted by atomic mass is 32.2. The van der Waals surface area contributed by atoms with Crippen LogP contribution in [0.4, 0.5) is 4.39 Å². The Morgan fingerprint density at radius 3 is 2.76 bits per heavy atom. The van der Waals surface area contributed by atoms with E-state index in [1.54, 1.807) is 17.8 Å². The second-order valence-corrected chi connectivity index (χ2v) is 5.10. The highest BCUT2D eigenvalue weighted by molar-refractivity contribution is 7.99. The lowest BCUT2D eigenvalue weighted by Crippen LogP contribution is -2.28. The first-order chi connectivity index (χ1) is 8.17. The molecule has 0 aromatic heterocycles. The Hall–Kier alpha value is -0.800. The summed E-state index contributed by atoms with van der Waals surface area (Å²) in [6, 6.07) is 7.26. The maximum Gasteiger partial charge on any atom is 0.136 e. The number of rotatable bonds is 7. The average Bonchev–Trinajstić information content (AvgIpc) is 2.35. The number of hydrogen-bond acceptors (Lipinski definition) is 2. The third kappa shape index (κ3) is 4.92. The molecule has 0 amide bonds. The van der Waals surface area contributed by atoms with E-state index in [1.807, 2.05) is 19.2 Å². The average molecular weight is 253 g/mol. The van der Waals surface area contributed by atoms with Gasteiger partial charge < -0.3 is 5.32 Å². The standard InChI is InChI=1S/C14H20FNS/c1-4-11(2)9-12(16-3)10-17-14-8-6-5-7-13(14)15/h5-8,12,16H,2,4,9-10H2,1,3H3. The van der Waals surface area contributed by atoms with E-state index < -0.39 is 0 Å². The molecular formula is C14H20FNS. The maximum atomic E-state index is 13.4. The second-order valence-electron chi connectivity index (χ2n) is 4.03. The first kappa shape index (κ1) is 14.3. The van der Waals surface area contributed by atoms with Crippen LogP contribution in [-0.4, -0.2) is 18.8 Å². The maximum absolute atomic E-state index is 13.4. The topological polar surface area (TPSA) is 12.0 Å². The minimum absolute atomic E-state index is 0.137. The van der Waals surface area contributed by atoms with Crippen molar-refractivity contribution in [2.45, 2.75) is 30.7 Å². The molecule has 0 saturated carbocycles. The van der Waals surface area contributed by atoms with Crippen molar-refractivity contribution in [1.29, 1.82) is 0 Å². The van der Waals surface area contributed by atoms with E-state index in [2.05, 4.69) is 18.8 Å². The van der Waals surface area contributed by atoms with Gasteiger partial charge in [-0.15, -0.1) is 11.8 Å². The Balaban J connectivity index is 2.48. The van der Waals surface area contributed by atoms with Gasteiger partial charge in [-0.3, -0.25) is 0 Å². The van der Waals surface area contributed by atoms with Crippen LogP contribution >= 0.6 is 11.8 Å². The molecule has 0 radical (unpaired) electrons. The summed E-state index contributed by atoms with van der Waals surface area (Å²) in [4.78, 5) is 0.717. The molecule has 1 rings (SSSR count). The molecule has 1 atom stereocenters. The third-order valence-electron chi connectivity index (χ3n) is 2.72. The zero-order chi connectivity index (χ0) is 12.7. The zero-order valence-electron chi connectivity index (χ0n) is 10.5. The summed E-state index contributed by atoms with van der Waals surface area (Å²) in [6.45, 7) is 6.12. The fraction of sp³-hybridized carbons (Fsp3) is 0.429. The van der Waals surface area contributed by atoms with E-state index in [0.717, 1.165) is 23.5 Å². The van der Waals surface area contributed by atoms with E-state index >= 15 is 0 Å². The van der Waals surface area contributed by atoms with Crippen LogP contribution in [0.2, 0.25) is 0 Å². The third-order valence-corrected chi connectivity index (χ3v) is 3.93. The molecule has 1 nitrogen and oxygen atoms in total. The molecule has 0 aliphatic heterocycles. The van der Waals surface area contributed by atoms with Gasteiger partial charge in [0.2, 0.25) is 0 Å². The first-order valence-corrected chi connectivity index (χ1v) is 6.87. The summed E-state index contributed by atoms with van der Waals surface area (Å²) in [5.74, 6) is 0.720. The van der Waals surface area contributed by atoms with Crippen LogP contribution in [0.3, 0.4) is 0 Å². The molecule has 0 saturated heterocycles. The monoisotopic (exact) mass is 253 g/mol. The Bertz CT molecular complexity index is 365. The van der Waals surface area contributed by atoms with E-state index in [1.165, 1.54) is 11.6 Å². The van der Waals surface area contributed by atoms with Crippen molar-refractivity contribution in [2.24, 2.45) is 0 Å².